The fourth-order valence-electron chi connectivity index (χ4n) is 3.32. The van der Waals surface area contributed by atoms with Crippen LogP contribution in [0.2, 0.25) is 0 Å². The average molecular weight is 574 g/mol. The molecule has 1 aliphatic heterocycles. The van der Waals surface area contributed by atoms with Gasteiger partial charge in [0.2, 0.25) is 10.0 Å². The molecule has 0 radical (unpaired) electrons. The Bertz CT molecular complexity index is 1000. The first kappa shape index (κ1) is 26.4. The van der Waals surface area contributed by atoms with Gasteiger partial charge in [0, 0.05) is 32.2 Å². The third-order valence-corrected chi connectivity index (χ3v) is 6.30. The number of nitrogens with one attached hydrogen (secondary N) is 3. The standard InChI is InChI=1S/C22H30N4O4S.HI/c1-3-23-22(26-20-11-13-30-21-10-5-4-9-19(20)21)24-16-17-7-6-8-18(15-17)31(27,28)25-12-14-29-2;/h4-10,15,20,25H,3,11-14,16H2,1-2H3,(H2,23,24,26);1H. The Labute approximate surface area is 207 Å². The summed E-state index contributed by atoms with van der Waals surface area (Å²) in [5.41, 5.74) is 1.91. The van der Waals surface area contributed by atoms with Crippen LogP contribution in [0.25, 0.3) is 0 Å². The molecule has 1 unspecified atom stereocenters. The fourth-order valence-corrected chi connectivity index (χ4v) is 4.40. The second-order valence-corrected chi connectivity index (χ2v) is 8.87. The van der Waals surface area contributed by atoms with Crippen LogP contribution >= 0.6 is 24.0 Å². The smallest absolute Gasteiger partial charge is 0.240 e. The molecule has 0 bridgehead atoms. The molecule has 0 amide bonds. The lowest BCUT2D eigenvalue weighted by Crippen LogP contribution is -2.41. The van der Waals surface area contributed by atoms with E-state index in [1.165, 1.54) is 7.11 Å². The third-order valence-electron chi connectivity index (χ3n) is 4.84. The number of hydrogen-bond acceptors (Lipinski definition) is 5. The highest BCUT2D eigenvalue weighted by molar-refractivity contribution is 14.0. The highest BCUT2D eigenvalue weighted by atomic mass is 127. The molecule has 1 aliphatic rings. The maximum atomic E-state index is 12.4. The van der Waals surface area contributed by atoms with Gasteiger partial charge in [0.15, 0.2) is 5.96 Å². The molecule has 3 N–H and O–H groups in total. The van der Waals surface area contributed by atoms with Crippen molar-refractivity contribution < 1.29 is 17.9 Å². The summed E-state index contributed by atoms with van der Waals surface area (Å²) in [4.78, 5) is 4.88. The number of para-hydroxylation sites is 1. The zero-order valence-electron chi connectivity index (χ0n) is 18.3. The van der Waals surface area contributed by atoms with Crippen LogP contribution < -0.4 is 20.1 Å². The fraction of sp³-hybridized carbons (Fsp3) is 0.409. The van der Waals surface area contributed by atoms with E-state index in [4.69, 9.17) is 9.47 Å². The number of sulfonamides is 1. The molecule has 0 saturated heterocycles. The summed E-state index contributed by atoms with van der Waals surface area (Å²) in [6.07, 6.45) is 0.836. The van der Waals surface area contributed by atoms with E-state index in [9.17, 15) is 8.42 Å². The van der Waals surface area contributed by atoms with Gasteiger partial charge in [0.25, 0.3) is 0 Å². The highest BCUT2D eigenvalue weighted by Crippen LogP contribution is 2.31. The van der Waals surface area contributed by atoms with Crippen LogP contribution in [0.5, 0.6) is 5.75 Å². The van der Waals surface area contributed by atoms with E-state index in [1.54, 1.807) is 18.2 Å². The molecule has 32 heavy (non-hydrogen) atoms. The van der Waals surface area contributed by atoms with Crippen LogP contribution in [0.3, 0.4) is 0 Å². The summed E-state index contributed by atoms with van der Waals surface area (Å²) in [6, 6.07) is 14.9. The van der Waals surface area contributed by atoms with Gasteiger partial charge in [0.1, 0.15) is 5.75 Å². The number of rotatable bonds is 9. The van der Waals surface area contributed by atoms with E-state index in [0.29, 0.717) is 32.3 Å². The summed E-state index contributed by atoms with van der Waals surface area (Å²) >= 11 is 0. The Balaban J connectivity index is 0.00000363. The predicted molar refractivity (Wildman–Crippen MR) is 136 cm³/mol. The summed E-state index contributed by atoms with van der Waals surface area (Å²) in [5, 5.41) is 6.74. The Morgan fingerprint density at radius 1 is 1.22 bits per heavy atom. The first-order valence-corrected chi connectivity index (χ1v) is 11.9. The predicted octanol–water partition coefficient (Wildman–Crippen LogP) is 2.81. The minimum atomic E-state index is -3.58. The third kappa shape index (κ3) is 7.32. The number of methoxy groups -OCH3 is 1. The maximum Gasteiger partial charge on any atom is 0.240 e. The lowest BCUT2D eigenvalue weighted by molar-refractivity contribution is 0.204. The molecule has 0 aromatic heterocycles. The van der Waals surface area contributed by atoms with Crippen molar-refractivity contribution in [3.05, 3.63) is 59.7 Å². The molecular formula is C22H31IN4O4S. The summed E-state index contributed by atoms with van der Waals surface area (Å²) < 4.78 is 38.0. The summed E-state index contributed by atoms with van der Waals surface area (Å²) in [6.45, 7) is 4.26. The molecule has 2 aromatic carbocycles. The van der Waals surface area contributed by atoms with Gasteiger partial charge in [0.05, 0.1) is 30.7 Å². The van der Waals surface area contributed by atoms with E-state index >= 15 is 0 Å². The molecule has 176 valence electrons. The van der Waals surface area contributed by atoms with Gasteiger partial charge in [-0.3, -0.25) is 0 Å². The van der Waals surface area contributed by atoms with Gasteiger partial charge in [-0.05, 0) is 30.7 Å². The van der Waals surface area contributed by atoms with Gasteiger partial charge in [-0.2, -0.15) is 0 Å². The molecule has 8 nitrogen and oxygen atoms in total. The van der Waals surface area contributed by atoms with Crippen LogP contribution in [0, 0.1) is 0 Å². The van der Waals surface area contributed by atoms with Gasteiger partial charge in [-0.25, -0.2) is 18.1 Å². The minimum Gasteiger partial charge on any atom is -0.493 e. The number of hydrogen-bond donors (Lipinski definition) is 3. The molecule has 0 fully saturated rings. The summed E-state index contributed by atoms with van der Waals surface area (Å²) in [5.74, 6) is 1.57. The normalized spacial score (nSPS) is 15.8. The molecule has 0 spiro atoms. The average Bonchev–Trinajstić information content (AvgIpc) is 2.78. The topological polar surface area (TPSA) is 101 Å². The van der Waals surface area contributed by atoms with Crippen LogP contribution in [-0.2, 0) is 21.3 Å². The zero-order valence-corrected chi connectivity index (χ0v) is 21.5. The molecule has 2 aromatic rings. The molecular weight excluding hydrogens is 543 g/mol. The Kier molecular flexibility index (Phi) is 10.7. The largest absolute Gasteiger partial charge is 0.493 e. The minimum absolute atomic E-state index is 0. The van der Waals surface area contributed by atoms with E-state index in [1.807, 2.05) is 31.2 Å². The zero-order chi connectivity index (χ0) is 22.1. The van der Waals surface area contributed by atoms with Crippen LogP contribution in [0.4, 0.5) is 0 Å². The van der Waals surface area contributed by atoms with Crippen molar-refractivity contribution >= 4 is 40.0 Å². The van der Waals surface area contributed by atoms with Crippen molar-refractivity contribution in [1.82, 2.24) is 15.4 Å². The van der Waals surface area contributed by atoms with Crippen molar-refractivity contribution in [2.24, 2.45) is 4.99 Å². The Hall–Kier alpha value is -1.89. The second kappa shape index (κ2) is 13.0. The maximum absolute atomic E-state index is 12.4. The number of halogens is 1. The molecule has 0 aliphatic carbocycles. The SMILES string of the molecule is CCNC(=NCc1cccc(S(=O)(=O)NCCOC)c1)NC1CCOc2ccccc21.I. The highest BCUT2D eigenvalue weighted by Gasteiger charge is 2.21. The van der Waals surface area contributed by atoms with Crippen molar-refractivity contribution in [3.63, 3.8) is 0 Å². The van der Waals surface area contributed by atoms with Gasteiger partial charge in [-0.15, -0.1) is 24.0 Å². The van der Waals surface area contributed by atoms with Crippen LogP contribution in [-0.4, -0.2) is 47.8 Å². The van der Waals surface area contributed by atoms with Crippen LogP contribution in [0.15, 0.2) is 58.4 Å². The first-order chi connectivity index (χ1) is 15.0. The van der Waals surface area contributed by atoms with E-state index in [2.05, 4.69) is 26.4 Å². The molecule has 3 rings (SSSR count). The van der Waals surface area contributed by atoms with Crippen molar-refractivity contribution in [2.75, 3.05) is 33.4 Å². The molecule has 10 heteroatoms. The quantitative estimate of drug-likeness (QED) is 0.184. The second-order valence-electron chi connectivity index (χ2n) is 7.11. The number of benzene rings is 2. The van der Waals surface area contributed by atoms with Gasteiger partial charge >= 0.3 is 0 Å². The molecule has 1 atom stereocenters. The summed E-state index contributed by atoms with van der Waals surface area (Å²) in [7, 11) is -2.05. The van der Waals surface area contributed by atoms with Crippen molar-refractivity contribution in [1.29, 1.82) is 0 Å². The Morgan fingerprint density at radius 2 is 2.03 bits per heavy atom. The van der Waals surface area contributed by atoms with E-state index < -0.39 is 10.0 Å². The molecule has 0 saturated carbocycles. The number of nitrogens with zero attached hydrogens (tertiary/aromatic N) is 1. The molecule has 1 heterocycles. The van der Waals surface area contributed by atoms with Gasteiger partial charge < -0.3 is 20.1 Å². The number of guanidine groups is 1. The van der Waals surface area contributed by atoms with Gasteiger partial charge in [-0.1, -0.05) is 30.3 Å². The van der Waals surface area contributed by atoms with Crippen molar-refractivity contribution in [3.8, 4) is 5.75 Å². The van der Waals surface area contributed by atoms with Crippen LogP contribution in [0.1, 0.15) is 30.5 Å². The monoisotopic (exact) mass is 574 g/mol. The van der Waals surface area contributed by atoms with E-state index in [-0.39, 0.29) is 41.5 Å². The lowest BCUT2D eigenvalue weighted by Gasteiger charge is -2.28. The van der Waals surface area contributed by atoms with Crippen molar-refractivity contribution in [2.45, 2.75) is 30.8 Å². The number of fused-ring (bicyclic) bond motifs is 1. The van der Waals surface area contributed by atoms with E-state index in [0.717, 1.165) is 23.3 Å². The number of ether oxygens (including phenoxy) is 2. The number of aliphatic imine (C=N–C) groups is 1. The Morgan fingerprint density at radius 3 is 2.81 bits per heavy atom. The first-order valence-electron chi connectivity index (χ1n) is 10.4. The lowest BCUT2D eigenvalue weighted by atomic mass is 10.0.